The second-order valence-electron chi connectivity index (χ2n) is 6.41. The number of nitro groups is 2. The summed E-state index contributed by atoms with van der Waals surface area (Å²) in [4.78, 5) is 46.4. The van der Waals surface area contributed by atoms with Gasteiger partial charge >= 0.3 is 5.97 Å². The number of benzene rings is 3. The van der Waals surface area contributed by atoms with Crippen molar-refractivity contribution in [3.63, 3.8) is 0 Å². The molecule has 3 aromatic rings. The van der Waals surface area contributed by atoms with Gasteiger partial charge in [-0.05, 0) is 12.1 Å². The SMILES string of the molecule is O=C(O[C@H](C(=O)c1ccccc1)c1ccc(Cl)cc1)c1cc([N+](=O)[O-])cc([N+](=O)[O-])c1Cl. The first-order valence-electron chi connectivity index (χ1n) is 8.87. The van der Waals surface area contributed by atoms with E-state index < -0.39 is 49.7 Å². The van der Waals surface area contributed by atoms with Crippen LogP contribution < -0.4 is 0 Å². The number of carbonyl (C=O) groups is 2. The maximum atomic E-state index is 13.1. The molecule has 162 valence electrons. The normalized spacial score (nSPS) is 11.4. The molecule has 0 N–H and O–H groups in total. The van der Waals surface area contributed by atoms with E-state index in [4.69, 9.17) is 27.9 Å². The minimum absolute atomic E-state index is 0.233. The van der Waals surface area contributed by atoms with Gasteiger partial charge in [-0.3, -0.25) is 25.0 Å². The molecule has 0 aliphatic carbocycles. The van der Waals surface area contributed by atoms with Gasteiger partial charge < -0.3 is 4.74 Å². The van der Waals surface area contributed by atoms with Crippen LogP contribution in [0.5, 0.6) is 0 Å². The summed E-state index contributed by atoms with van der Waals surface area (Å²) in [6.07, 6.45) is -1.46. The van der Waals surface area contributed by atoms with Crippen molar-refractivity contribution in [3.05, 3.63) is 114 Å². The van der Waals surface area contributed by atoms with Crippen LogP contribution in [-0.4, -0.2) is 21.6 Å². The van der Waals surface area contributed by atoms with Crippen LogP contribution in [0.4, 0.5) is 11.4 Å². The van der Waals surface area contributed by atoms with Gasteiger partial charge in [-0.15, -0.1) is 0 Å². The summed E-state index contributed by atoms with van der Waals surface area (Å²) >= 11 is 11.8. The maximum Gasteiger partial charge on any atom is 0.341 e. The van der Waals surface area contributed by atoms with Crippen molar-refractivity contribution < 1.29 is 24.2 Å². The van der Waals surface area contributed by atoms with Gasteiger partial charge in [0.05, 0.1) is 21.5 Å². The van der Waals surface area contributed by atoms with Gasteiger partial charge in [-0.25, -0.2) is 4.79 Å². The highest BCUT2D eigenvalue weighted by molar-refractivity contribution is 6.35. The molecule has 3 rings (SSSR count). The Hall–Kier alpha value is -3.82. The third-order valence-electron chi connectivity index (χ3n) is 4.36. The second kappa shape index (κ2) is 9.54. The van der Waals surface area contributed by atoms with Crippen molar-refractivity contribution in [3.8, 4) is 0 Å². The Balaban J connectivity index is 2.06. The fourth-order valence-corrected chi connectivity index (χ4v) is 3.20. The standard InChI is InChI=1S/C21H12Cl2N2O7/c22-14-8-6-13(7-9-14)20(19(26)12-4-2-1-3-5-12)32-21(27)16-10-15(24(28)29)11-17(18(16)23)25(30)31/h1-11,20H/t20-/m0/s1. The maximum absolute atomic E-state index is 13.1. The molecular weight excluding hydrogens is 463 g/mol. The van der Waals surface area contributed by atoms with Gasteiger partial charge in [-0.2, -0.15) is 0 Å². The summed E-state index contributed by atoms with van der Waals surface area (Å²) in [6, 6.07) is 15.3. The lowest BCUT2D eigenvalue weighted by Gasteiger charge is -2.18. The monoisotopic (exact) mass is 474 g/mol. The molecule has 0 radical (unpaired) electrons. The number of carbonyl (C=O) groups excluding carboxylic acids is 2. The van der Waals surface area contributed by atoms with Crippen molar-refractivity contribution in [1.82, 2.24) is 0 Å². The van der Waals surface area contributed by atoms with Crippen molar-refractivity contribution in [2.75, 3.05) is 0 Å². The zero-order chi connectivity index (χ0) is 23.4. The van der Waals surface area contributed by atoms with Gasteiger partial charge in [0.25, 0.3) is 11.4 Å². The van der Waals surface area contributed by atoms with E-state index in [0.29, 0.717) is 11.1 Å². The van der Waals surface area contributed by atoms with Crippen LogP contribution >= 0.6 is 23.2 Å². The first kappa shape index (κ1) is 22.9. The van der Waals surface area contributed by atoms with Gasteiger partial charge in [0.1, 0.15) is 5.02 Å². The highest BCUT2D eigenvalue weighted by Crippen LogP contribution is 2.34. The first-order chi connectivity index (χ1) is 15.2. The minimum Gasteiger partial charge on any atom is -0.445 e. The van der Waals surface area contributed by atoms with Crippen LogP contribution in [0.1, 0.15) is 32.4 Å². The molecule has 0 heterocycles. The van der Waals surface area contributed by atoms with Crippen LogP contribution in [0.15, 0.2) is 66.7 Å². The van der Waals surface area contributed by atoms with Crippen LogP contribution in [0, 0.1) is 20.2 Å². The van der Waals surface area contributed by atoms with Gasteiger partial charge in [0, 0.05) is 22.2 Å². The number of hydrogen-bond donors (Lipinski definition) is 0. The molecule has 11 heteroatoms. The van der Waals surface area contributed by atoms with Crippen LogP contribution in [0.25, 0.3) is 0 Å². The molecule has 0 fully saturated rings. The molecule has 0 spiro atoms. The Morgan fingerprint density at radius 1 is 0.875 bits per heavy atom. The van der Waals surface area contributed by atoms with Crippen LogP contribution in [0.2, 0.25) is 10.0 Å². The van der Waals surface area contributed by atoms with E-state index in [-0.39, 0.29) is 11.1 Å². The largest absolute Gasteiger partial charge is 0.445 e. The van der Waals surface area contributed by atoms with Crippen molar-refractivity contribution in [1.29, 1.82) is 0 Å². The predicted molar refractivity (Wildman–Crippen MR) is 115 cm³/mol. The molecule has 9 nitrogen and oxygen atoms in total. The number of nitrogens with zero attached hydrogens (tertiary/aromatic N) is 2. The number of ether oxygens (including phenoxy) is 1. The molecule has 0 bridgehead atoms. The molecule has 0 saturated heterocycles. The minimum atomic E-state index is -1.46. The highest BCUT2D eigenvalue weighted by Gasteiger charge is 2.31. The van der Waals surface area contributed by atoms with E-state index in [1.807, 2.05) is 0 Å². The van der Waals surface area contributed by atoms with E-state index in [2.05, 4.69) is 0 Å². The molecule has 0 amide bonds. The Kier molecular flexibility index (Phi) is 6.82. The summed E-state index contributed by atoms with van der Waals surface area (Å²) in [5, 5.41) is 22.1. The van der Waals surface area contributed by atoms with Crippen LogP contribution in [-0.2, 0) is 4.74 Å². The number of esters is 1. The summed E-state index contributed by atoms with van der Waals surface area (Å²) in [5.74, 6) is -1.83. The Morgan fingerprint density at radius 3 is 2.06 bits per heavy atom. The number of hydrogen-bond acceptors (Lipinski definition) is 7. The molecule has 3 aromatic carbocycles. The predicted octanol–water partition coefficient (Wildman–Crippen LogP) is 5.59. The van der Waals surface area contributed by atoms with E-state index in [9.17, 15) is 29.8 Å². The summed E-state index contributed by atoms with van der Waals surface area (Å²) in [5.41, 5.74) is -1.69. The van der Waals surface area contributed by atoms with E-state index in [1.165, 1.54) is 36.4 Å². The molecule has 0 saturated carbocycles. The fraction of sp³-hybridized carbons (Fsp3) is 0.0476. The number of halogens is 2. The summed E-state index contributed by atoms with van der Waals surface area (Å²) < 4.78 is 5.37. The van der Waals surface area contributed by atoms with Gasteiger partial charge in [-0.1, -0.05) is 65.7 Å². The Bertz CT molecular complexity index is 1210. The smallest absolute Gasteiger partial charge is 0.341 e. The average Bonchev–Trinajstić information content (AvgIpc) is 2.78. The Labute approximate surface area is 190 Å². The fourth-order valence-electron chi connectivity index (χ4n) is 2.82. The topological polar surface area (TPSA) is 130 Å². The van der Waals surface area contributed by atoms with Crippen LogP contribution in [0.3, 0.4) is 0 Å². The van der Waals surface area contributed by atoms with Gasteiger partial charge in [0.15, 0.2) is 6.10 Å². The molecule has 0 aliphatic heterocycles. The molecule has 1 atom stereocenters. The van der Waals surface area contributed by atoms with E-state index in [0.717, 1.165) is 6.07 Å². The molecule has 32 heavy (non-hydrogen) atoms. The summed E-state index contributed by atoms with van der Waals surface area (Å²) in [6.45, 7) is 0. The number of non-ortho nitro benzene ring substituents is 1. The van der Waals surface area contributed by atoms with E-state index >= 15 is 0 Å². The third kappa shape index (κ3) is 4.90. The highest BCUT2D eigenvalue weighted by atomic mass is 35.5. The lowest BCUT2D eigenvalue weighted by Crippen LogP contribution is -2.21. The first-order valence-corrected chi connectivity index (χ1v) is 9.62. The second-order valence-corrected chi connectivity index (χ2v) is 7.22. The molecule has 0 aromatic heterocycles. The van der Waals surface area contributed by atoms with E-state index in [1.54, 1.807) is 18.2 Å². The van der Waals surface area contributed by atoms with Crippen molar-refractivity contribution in [2.45, 2.75) is 6.10 Å². The zero-order valence-corrected chi connectivity index (χ0v) is 17.4. The average molecular weight is 475 g/mol. The number of nitro benzene ring substituents is 2. The molecule has 0 unspecified atom stereocenters. The number of ketones is 1. The lowest BCUT2D eigenvalue weighted by molar-refractivity contribution is -0.394. The number of rotatable bonds is 7. The van der Waals surface area contributed by atoms with Crippen molar-refractivity contribution >= 4 is 46.3 Å². The van der Waals surface area contributed by atoms with Gasteiger partial charge in [0.2, 0.25) is 5.78 Å². The zero-order valence-electron chi connectivity index (χ0n) is 15.9. The van der Waals surface area contributed by atoms with Crippen molar-refractivity contribution in [2.24, 2.45) is 0 Å². The quantitative estimate of drug-likeness (QED) is 0.188. The molecule has 0 aliphatic rings. The summed E-state index contributed by atoms with van der Waals surface area (Å²) in [7, 11) is 0. The third-order valence-corrected chi connectivity index (χ3v) is 5.01. The molecular formula is C21H12Cl2N2O7. The Morgan fingerprint density at radius 2 is 1.50 bits per heavy atom. The lowest BCUT2D eigenvalue weighted by atomic mass is 9.99. The number of Topliss-reactive ketones (excluding diaryl/α,β-unsaturated/α-hetero) is 1.